The molecule has 1 nitrogen and oxygen atoms in total. The van der Waals surface area contributed by atoms with E-state index < -0.39 is 8.32 Å². The van der Waals surface area contributed by atoms with Crippen LogP contribution in [0.25, 0.3) is 0 Å². The van der Waals surface area contributed by atoms with Crippen LogP contribution >= 0.6 is 0 Å². The Bertz CT molecular complexity index is 267. The molecule has 0 heterocycles. The fraction of sp³-hybridized carbons (Fsp3) is 0.750. The second-order valence-electron chi connectivity index (χ2n) is 5.10. The molecule has 0 amide bonds. The average molecular weight is 267 g/mol. The standard InChI is InChI=1S/C16H30OSi/c1-7-13-15-16(9-3,14-8-2)17-18(10-4,11-5)12-6/h2,9H,3,7,10-15H2,1,4-6H3. The van der Waals surface area contributed by atoms with Crippen LogP contribution in [0.5, 0.6) is 0 Å². The summed E-state index contributed by atoms with van der Waals surface area (Å²) in [5, 5.41) is 0. The molecule has 0 spiro atoms. The number of hydrogen-bond acceptors (Lipinski definition) is 1. The van der Waals surface area contributed by atoms with Gasteiger partial charge in [-0.15, -0.1) is 18.9 Å². The lowest BCUT2D eigenvalue weighted by Crippen LogP contribution is -2.46. The highest BCUT2D eigenvalue weighted by Gasteiger charge is 2.38. The molecule has 0 N–H and O–H groups in total. The van der Waals surface area contributed by atoms with Gasteiger partial charge in [0.1, 0.15) is 0 Å². The van der Waals surface area contributed by atoms with Gasteiger partial charge in [-0.1, -0.05) is 46.6 Å². The lowest BCUT2D eigenvalue weighted by Gasteiger charge is -2.40. The van der Waals surface area contributed by atoms with Gasteiger partial charge in [-0.2, -0.15) is 0 Å². The Morgan fingerprint density at radius 3 is 2.11 bits per heavy atom. The minimum absolute atomic E-state index is 0.279. The SMILES string of the molecule is C#CCC(C=C)(CCCC)O[Si](CC)(CC)CC. The number of terminal acetylenes is 1. The highest BCUT2D eigenvalue weighted by Crippen LogP contribution is 2.33. The van der Waals surface area contributed by atoms with Crippen LogP contribution in [0.15, 0.2) is 12.7 Å². The zero-order valence-electron chi connectivity index (χ0n) is 12.7. The largest absolute Gasteiger partial charge is 0.407 e. The van der Waals surface area contributed by atoms with E-state index in [9.17, 15) is 0 Å². The molecular formula is C16H30OSi. The molecule has 104 valence electrons. The molecule has 0 aliphatic carbocycles. The Labute approximate surface area is 115 Å². The van der Waals surface area contributed by atoms with E-state index in [1.54, 1.807) is 0 Å². The molecule has 0 saturated heterocycles. The predicted octanol–water partition coefficient (Wildman–Crippen LogP) is 5.15. The molecule has 0 radical (unpaired) electrons. The van der Waals surface area contributed by atoms with Crippen molar-refractivity contribution >= 4 is 8.32 Å². The summed E-state index contributed by atoms with van der Waals surface area (Å²) in [6.45, 7) is 13.0. The quantitative estimate of drug-likeness (QED) is 0.302. The molecular weight excluding hydrogens is 236 g/mol. The van der Waals surface area contributed by atoms with E-state index in [1.165, 1.54) is 6.42 Å². The maximum Gasteiger partial charge on any atom is 0.193 e. The van der Waals surface area contributed by atoms with Gasteiger partial charge in [0.15, 0.2) is 8.32 Å². The number of hydrogen-bond donors (Lipinski definition) is 0. The van der Waals surface area contributed by atoms with Crippen molar-refractivity contribution in [2.75, 3.05) is 0 Å². The minimum Gasteiger partial charge on any atom is -0.407 e. The third-order valence-corrected chi connectivity index (χ3v) is 8.79. The Balaban J connectivity index is 5.06. The van der Waals surface area contributed by atoms with Crippen molar-refractivity contribution in [3.63, 3.8) is 0 Å². The molecule has 0 fully saturated rings. The molecule has 0 aromatic heterocycles. The minimum atomic E-state index is -1.63. The van der Waals surface area contributed by atoms with Gasteiger partial charge in [-0.3, -0.25) is 0 Å². The first-order chi connectivity index (χ1) is 8.57. The van der Waals surface area contributed by atoms with Crippen LogP contribution < -0.4 is 0 Å². The number of unbranched alkanes of at least 4 members (excludes halogenated alkanes) is 1. The number of rotatable bonds is 10. The van der Waals surface area contributed by atoms with Crippen LogP contribution in [0.1, 0.15) is 53.4 Å². The molecule has 18 heavy (non-hydrogen) atoms. The summed E-state index contributed by atoms with van der Waals surface area (Å²) >= 11 is 0. The summed E-state index contributed by atoms with van der Waals surface area (Å²) in [4.78, 5) is 0. The van der Waals surface area contributed by atoms with Crippen LogP contribution in [0.2, 0.25) is 18.1 Å². The van der Waals surface area contributed by atoms with Gasteiger partial charge in [0.2, 0.25) is 0 Å². The molecule has 0 aromatic rings. The van der Waals surface area contributed by atoms with Gasteiger partial charge in [-0.05, 0) is 24.6 Å². The van der Waals surface area contributed by atoms with E-state index >= 15 is 0 Å². The fourth-order valence-electron chi connectivity index (χ4n) is 2.44. The molecule has 0 rings (SSSR count). The Kier molecular flexibility index (Phi) is 8.31. The normalized spacial score (nSPS) is 14.8. The molecule has 0 aliphatic rings. The fourth-order valence-corrected chi connectivity index (χ4v) is 5.49. The van der Waals surface area contributed by atoms with E-state index in [-0.39, 0.29) is 5.60 Å². The van der Waals surface area contributed by atoms with Crippen molar-refractivity contribution in [2.45, 2.75) is 77.1 Å². The second-order valence-corrected chi connectivity index (χ2v) is 9.79. The molecule has 0 saturated carbocycles. The van der Waals surface area contributed by atoms with Crippen molar-refractivity contribution in [3.8, 4) is 12.3 Å². The smallest absolute Gasteiger partial charge is 0.193 e. The van der Waals surface area contributed by atoms with E-state index in [4.69, 9.17) is 10.8 Å². The Morgan fingerprint density at radius 1 is 1.22 bits per heavy atom. The topological polar surface area (TPSA) is 9.23 Å². The van der Waals surface area contributed by atoms with E-state index in [0.717, 1.165) is 31.0 Å². The predicted molar refractivity (Wildman–Crippen MR) is 84.2 cm³/mol. The van der Waals surface area contributed by atoms with E-state index in [0.29, 0.717) is 6.42 Å². The third kappa shape index (κ3) is 4.63. The lowest BCUT2D eigenvalue weighted by atomic mass is 9.94. The molecule has 1 atom stereocenters. The summed E-state index contributed by atoms with van der Waals surface area (Å²) in [5.41, 5.74) is -0.279. The monoisotopic (exact) mass is 266 g/mol. The van der Waals surface area contributed by atoms with Gasteiger partial charge >= 0.3 is 0 Å². The van der Waals surface area contributed by atoms with Gasteiger partial charge in [-0.25, -0.2) is 0 Å². The zero-order chi connectivity index (χ0) is 14.1. The first-order valence-corrected chi connectivity index (χ1v) is 9.87. The highest BCUT2D eigenvalue weighted by atomic mass is 28.4. The third-order valence-electron chi connectivity index (χ3n) is 4.08. The molecule has 0 aromatic carbocycles. The lowest BCUT2D eigenvalue weighted by molar-refractivity contribution is 0.0991. The summed E-state index contributed by atoms with van der Waals surface area (Å²) in [6.07, 6.45) is 11.5. The van der Waals surface area contributed by atoms with Gasteiger partial charge in [0, 0.05) is 6.42 Å². The van der Waals surface area contributed by atoms with Crippen molar-refractivity contribution in [1.82, 2.24) is 0 Å². The van der Waals surface area contributed by atoms with Crippen LogP contribution in [-0.2, 0) is 4.43 Å². The highest BCUT2D eigenvalue weighted by molar-refractivity contribution is 6.73. The van der Waals surface area contributed by atoms with E-state index in [2.05, 4.69) is 40.2 Å². The Morgan fingerprint density at radius 2 is 1.78 bits per heavy atom. The average Bonchev–Trinajstić information content (AvgIpc) is 2.42. The maximum absolute atomic E-state index is 6.64. The molecule has 0 bridgehead atoms. The molecule has 2 heteroatoms. The van der Waals surface area contributed by atoms with Crippen LogP contribution in [-0.4, -0.2) is 13.9 Å². The summed E-state index contributed by atoms with van der Waals surface area (Å²) in [6, 6.07) is 3.48. The first-order valence-electron chi connectivity index (χ1n) is 7.34. The van der Waals surface area contributed by atoms with Crippen molar-refractivity contribution in [3.05, 3.63) is 12.7 Å². The maximum atomic E-state index is 6.64. The van der Waals surface area contributed by atoms with Gasteiger partial charge in [0.05, 0.1) is 5.60 Å². The zero-order valence-corrected chi connectivity index (χ0v) is 13.7. The van der Waals surface area contributed by atoms with Crippen LogP contribution in [0, 0.1) is 12.3 Å². The molecule has 0 aliphatic heterocycles. The van der Waals surface area contributed by atoms with Crippen molar-refractivity contribution < 1.29 is 4.43 Å². The summed E-state index contributed by atoms with van der Waals surface area (Å²) in [5.74, 6) is 2.79. The summed E-state index contributed by atoms with van der Waals surface area (Å²) < 4.78 is 6.64. The summed E-state index contributed by atoms with van der Waals surface area (Å²) in [7, 11) is -1.63. The first kappa shape index (κ1) is 17.5. The van der Waals surface area contributed by atoms with Crippen LogP contribution in [0.3, 0.4) is 0 Å². The Hall–Kier alpha value is -0.523. The molecule has 1 unspecified atom stereocenters. The van der Waals surface area contributed by atoms with Crippen molar-refractivity contribution in [2.24, 2.45) is 0 Å². The second kappa shape index (κ2) is 8.56. The van der Waals surface area contributed by atoms with E-state index in [1.807, 2.05) is 6.08 Å². The van der Waals surface area contributed by atoms with Crippen LogP contribution in [0.4, 0.5) is 0 Å². The van der Waals surface area contributed by atoms with Gasteiger partial charge < -0.3 is 4.43 Å². The van der Waals surface area contributed by atoms with Gasteiger partial charge in [0.25, 0.3) is 0 Å². The van der Waals surface area contributed by atoms with Crippen molar-refractivity contribution in [1.29, 1.82) is 0 Å².